The van der Waals surface area contributed by atoms with Gasteiger partial charge in [-0.05, 0) is 6.07 Å². The first-order chi connectivity index (χ1) is 9.50. The Morgan fingerprint density at radius 1 is 1.40 bits per heavy atom. The zero-order chi connectivity index (χ0) is 14.7. The van der Waals surface area contributed by atoms with Crippen LogP contribution in [0.5, 0.6) is 0 Å². The van der Waals surface area contributed by atoms with E-state index in [2.05, 4.69) is 10.3 Å². The molecule has 1 aliphatic heterocycles. The summed E-state index contributed by atoms with van der Waals surface area (Å²) in [5.41, 5.74) is -0.0336. The van der Waals surface area contributed by atoms with Gasteiger partial charge in [0.25, 0.3) is 5.91 Å². The van der Waals surface area contributed by atoms with Gasteiger partial charge in [-0.2, -0.15) is 0 Å². The summed E-state index contributed by atoms with van der Waals surface area (Å²) in [5, 5.41) is 3.11. The summed E-state index contributed by atoms with van der Waals surface area (Å²) in [4.78, 5) is 41.3. The molecular weight excluding hydrogens is 260 g/mol. The van der Waals surface area contributed by atoms with Crippen molar-refractivity contribution >= 4 is 11.8 Å². The summed E-state index contributed by atoms with van der Waals surface area (Å²) < 4.78 is 0. The molecule has 2 N–H and O–H groups in total. The van der Waals surface area contributed by atoms with Crippen LogP contribution in [0.4, 0.5) is 0 Å². The first kappa shape index (κ1) is 14.3. The molecule has 1 fully saturated rings. The molecule has 0 radical (unpaired) electrons. The van der Waals surface area contributed by atoms with Crippen molar-refractivity contribution in [1.29, 1.82) is 0 Å². The van der Waals surface area contributed by atoms with Gasteiger partial charge in [0.15, 0.2) is 0 Å². The molecule has 0 aromatic carbocycles. The number of nitrogens with zero attached hydrogens (tertiary/aromatic N) is 2. The van der Waals surface area contributed by atoms with E-state index in [0.717, 1.165) is 0 Å². The number of carbonyl (C=O) groups excluding carboxylic acids is 2. The zero-order valence-corrected chi connectivity index (χ0v) is 11.5. The second-order valence-electron chi connectivity index (χ2n) is 4.89. The number of carbonyl (C=O) groups is 2. The van der Waals surface area contributed by atoms with Crippen LogP contribution in [0, 0.1) is 0 Å². The van der Waals surface area contributed by atoms with Crippen molar-refractivity contribution in [2.75, 3.05) is 33.7 Å². The molecule has 2 amide bonds. The summed E-state index contributed by atoms with van der Waals surface area (Å²) in [5.74, 6) is -0.423. The molecule has 0 saturated carbocycles. The molecule has 2 heterocycles. The van der Waals surface area contributed by atoms with Gasteiger partial charge in [-0.3, -0.25) is 14.4 Å². The van der Waals surface area contributed by atoms with E-state index in [4.69, 9.17) is 0 Å². The van der Waals surface area contributed by atoms with E-state index in [1.54, 1.807) is 20.2 Å². The number of aromatic amines is 1. The third kappa shape index (κ3) is 2.88. The van der Waals surface area contributed by atoms with Crippen molar-refractivity contribution in [1.82, 2.24) is 20.1 Å². The molecule has 1 saturated heterocycles. The molecule has 1 aromatic rings. The Morgan fingerprint density at radius 3 is 2.80 bits per heavy atom. The predicted octanol–water partition coefficient (Wildman–Crippen LogP) is -1.12. The number of H-pyrrole nitrogens is 1. The Labute approximate surface area is 116 Å². The van der Waals surface area contributed by atoms with Crippen molar-refractivity contribution in [2.45, 2.75) is 6.04 Å². The topological polar surface area (TPSA) is 85.5 Å². The molecular formula is C13H18N4O3. The predicted molar refractivity (Wildman–Crippen MR) is 73.5 cm³/mol. The van der Waals surface area contributed by atoms with Crippen molar-refractivity contribution in [3.8, 4) is 0 Å². The molecule has 0 bridgehead atoms. The van der Waals surface area contributed by atoms with Crippen molar-refractivity contribution < 1.29 is 9.59 Å². The van der Waals surface area contributed by atoms with Gasteiger partial charge in [0.05, 0.1) is 0 Å². The molecule has 1 aromatic heterocycles. The number of piperazine rings is 1. The number of hydrogen-bond donors (Lipinski definition) is 2. The molecule has 0 aliphatic carbocycles. The van der Waals surface area contributed by atoms with Gasteiger partial charge in [-0.25, -0.2) is 0 Å². The first-order valence-electron chi connectivity index (χ1n) is 6.42. The monoisotopic (exact) mass is 278 g/mol. The third-order valence-electron chi connectivity index (χ3n) is 3.25. The number of pyridine rings is 1. The van der Waals surface area contributed by atoms with Crippen LogP contribution in [0.2, 0.25) is 0 Å². The molecule has 2 rings (SSSR count). The molecule has 1 aliphatic rings. The van der Waals surface area contributed by atoms with Gasteiger partial charge in [-0.1, -0.05) is 0 Å². The Kier molecular flexibility index (Phi) is 4.19. The fourth-order valence-electron chi connectivity index (χ4n) is 2.21. The largest absolute Gasteiger partial charge is 0.347 e. The first-order valence-corrected chi connectivity index (χ1v) is 6.42. The van der Waals surface area contributed by atoms with Gasteiger partial charge in [-0.15, -0.1) is 0 Å². The van der Waals surface area contributed by atoms with E-state index in [0.29, 0.717) is 25.2 Å². The number of rotatable bonds is 2. The zero-order valence-electron chi connectivity index (χ0n) is 11.5. The molecule has 7 heteroatoms. The van der Waals surface area contributed by atoms with Crippen molar-refractivity contribution in [3.63, 3.8) is 0 Å². The van der Waals surface area contributed by atoms with Crippen LogP contribution in [0.3, 0.4) is 0 Å². The van der Waals surface area contributed by atoms with Crippen LogP contribution in [0.1, 0.15) is 10.4 Å². The van der Waals surface area contributed by atoms with Crippen LogP contribution in [0.15, 0.2) is 23.1 Å². The second kappa shape index (κ2) is 5.87. The lowest BCUT2D eigenvalue weighted by atomic mass is 10.1. The highest BCUT2D eigenvalue weighted by Gasteiger charge is 2.33. The van der Waals surface area contributed by atoms with E-state index < -0.39 is 6.04 Å². The van der Waals surface area contributed by atoms with Crippen LogP contribution >= 0.6 is 0 Å². The van der Waals surface area contributed by atoms with E-state index in [1.807, 2.05) is 0 Å². The van der Waals surface area contributed by atoms with Crippen LogP contribution < -0.4 is 10.9 Å². The minimum atomic E-state index is -0.537. The quantitative estimate of drug-likeness (QED) is 0.717. The minimum Gasteiger partial charge on any atom is -0.347 e. The highest BCUT2D eigenvalue weighted by atomic mass is 16.2. The normalized spacial score (nSPS) is 18.7. The Hall–Kier alpha value is -2.15. The number of amides is 2. The summed E-state index contributed by atoms with van der Waals surface area (Å²) in [6, 6.07) is 2.26. The smallest absolute Gasteiger partial charge is 0.254 e. The molecule has 108 valence electrons. The van der Waals surface area contributed by atoms with Crippen molar-refractivity contribution in [3.05, 3.63) is 34.2 Å². The Bertz CT molecular complexity index is 567. The van der Waals surface area contributed by atoms with Gasteiger partial charge in [0.2, 0.25) is 11.5 Å². The molecule has 20 heavy (non-hydrogen) atoms. The highest BCUT2D eigenvalue weighted by molar-refractivity contribution is 5.97. The minimum absolute atomic E-state index is 0.129. The fraction of sp³-hybridized carbons (Fsp3) is 0.462. The van der Waals surface area contributed by atoms with Crippen LogP contribution in [0.25, 0.3) is 0 Å². The van der Waals surface area contributed by atoms with Gasteiger partial charge < -0.3 is 20.1 Å². The van der Waals surface area contributed by atoms with E-state index >= 15 is 0 Å². The van der Waals surface area contributed by atoms with Crippen LogP contribution in [-0.4, -0.2) is 66.4 Å². The summed E-state index contributed by atoms with van der Waals surface area (Å²) >= 11 is 0. The number of aromatic nitrogens is 1. The fourth-order valence-corrected chi connectivity index (χ4v) is 2.21. The molecule has 0 spiro atoms. The third-order valence-corrected chi connectivity index (χ3v) is 3.25. The highest BCUT2D eigenvalue weighted by Crippen LogP contribution is 2.11. The lowest BCUT2D eigenvalue weighted by Gasteiger charge is -2.36. The maximum atomic E-state index is 12.5. The molecule has 7 nitrogen and oxygen atoms in total. The number of hydrogen-bond acceptors (Lipinski definition) is 4. The molecule has 1 unspecified atom stereocenters. The second-order valence-corrected chi connectivity index (χ2v) is 4.89. The Morgan fingerprint density at radius 2 is 2.15 bits per heavy atom. The lowest BCUT2D eigenvalue weighted by Crippen LogP contribution is -2.59. The van der Waals surface area contributed by atoms with Crippen LogP contribution in [-0.2, 0) is 4.79 Å². The molecule has 1 atom stereocenters. The van der Waals surface area contributed by atoms with Gasteiger partial charge in [0, 0.05) is 51.6 Å². The van der Waals surface area contributed by atoms with Gasteiger partial charge in [0.1, 0.15) is 6.04 Å². The maximum absolute atomic E-state index is 12.5. The SMILES string of the molecule is CN(C)C(=O)C1CNCCN1C(=O)c1cc[nH]c(=O)c1. The van der Waals surface area contributed by atoms with E-state index in [1.165, 1.54) is 22.1 Å². The lowest BCUT2D eigenvalue weighted by molar-refractivity contribution is -0.134. The maximum Gasteiger partial charge on any atom is 0.254 e. The number of nitrogens with one attached hydrogen (secondary N) is 2. The van der Waals surface area contributed by atoms with Gasteiger partial charge >= 0.3 is 0 Å². The summed E-state index contributed by atoms with van der Waals surface area (Å²) in [6.07, 6.45) is 1.43. The Balaban J connectivity index is 2.26. The summed E-state index contributed by atoms with van der Waals surface area (Å²) in [6.45, 7) is 1.49. The van der Waals surface area contributed by atoms with E-state index in [-0.39, 0.29) is 17.4 Å². The van der Waals surface area contributed by atoms with E-state index in [9.17, 15) is 14.4 Å². The average molecular weight is 278 g/mol. The average Bonchev–Trinajstić information content (AvgIpc) is 2.45. The number of likely N-dealkylation sites (N-methyl/N-ethyl adjacent to an activating group) is 1. The summed E-state index contributed by atoms with van der Waals surface area (Å²) in [7, 11) is 3.32. The van der Waals surface area contributed by atoms with Crippen molar-refractivity contribution in [2.24, 2.45) is 0 Å². The standard InChI is InChI=1S/C13H18N4O3/c1-16(2)13(20)10-8-14-5-6-17(10)12(19)9-3-4-15-11(18)7-9/h3-4,7,10,14H,5-6,8H2,1-2H3,(H,15,18).